The van der Waals surface area contributed by atoms with Gasteiger partial charge in [0.05, 0.1) is 11.9 Å². The summed E-state index contributed by atoms with van der Waals surface area (Å²) in [6.07, 6.45) is 3.38. The largest absolute Gasteiger partial charge is 0.397 e. The standard InChI is InChI=1S/C8H8ClN3/c1-5-2-8-11-3-7(9)12(8)4-6(5)10/h2-4H,10H2,1H3. The number of anilines is 1. The summed E-state index contributed by atoms with van der Waals surface area (Å²) in [6.45, 7) is 1.94. The third kappa shape index (κ3) is 0.940. The van der Waals surface area contributed by atoms with Gasteiger partial charge in [0, 0.05) is 6.20 Å². The normalized spacial score (nSPS) is 10.8. The van der Waals surface area contributed by atoms with Crippen molar-refractivity contribution in [2.75, 3.05) is 5.73 Å². The number of pyridine rings is 1. The lowest BCUT2D eigenvalue weighted by Crippen LogP contribution is -1.94. The predicted octanol–water partition coefficient (Wildman–Crippen LogP) is 1.88. The Morgan fingerprint density at radius 3 is 3.08 bits per heavy atom. The Balaban J connectivity index is 2.87. The Bertz CT molecular complexity index is 433. The minimum atomic E-state index is 0.580. The van der Waals surface area contributed by atoms with Crippen molar-refractivity contribution >= 4 is 22.9 Å². The Hall–Kier alpha value is -1.22. The summed E-state index contributed by atoms with van der Waals surface area (Å²) in [6, 6.07) is 1.90. The number of hydrogen-bond donors (Lipinski definition) is 1. The second-order valence-corrected chi connectivity index (χ2v) is 3.11. The van der Waals surface area contributed by atoms with Crippen LogP contribution in [0.3, 0.4) is 0 Å². The van der Waals surface area contributed by atoms with Gasteiger partial charge in [-0.15, -0.1) is 0 Å². The molecule has 0 radical (unpaired) electrons. The zero-order valence-electron chi connectivity index (χ0n) is 6.58. The van der Waals surface area contributed by atoms with E-state index in [2.05, 4.69) is 4.98 Å². The molecule has 0 fully saturated rings. The lowest BCUT2D eigenvalue weighted by atomic mass is 10.2. The maximum absolute atomic E-state index is 5.84. The van der Waals surface area contributed by atoms with Crippen LogP contribution in [0, 0.1) is 6.92 Å². The molecule has 2 aromatic heterocycles. The third-order valence-corrected chi connectivity index (χ3v) is 2.13. The van der Waals surface area contributed by atoms with E-state index in [0.29, 0.717) is 5.15 Å². The maximum atomic E-state index is 5.84. The fraction of sp³-hybridized carbons (Fsp3) is 0.125. The highest BCUT2D eigenvalue weighted by Gasteiger charge is 2.02. The summed E-state index contributed by atoms with van der Waals surface area (Å²) in [7, 11) is 0. The minimum absolute atomic E-state index is 0.580. The van der Waals surface area contributed by atoms with E-state index in [9.17, 15) is 0 Å². The van der Waals surface area contributed by atoms with Crippen molar-refractivity contribution in [1.82, 2.24) is 9.38 Å². The molecule has 3 nitrogen and oxygen atoms in total. The van der Waals surface area contributed by atoms with Crippen LogP contribution in [-0.2, 0) is 0 Å². The second kappa shape index (κ2) is 2.38. The van der Waals surface area contributed by atoms with Gasteiger partial charge in [0.15, 0.2) is 0 Å². The van der Waals surface area contributed by atoms with E-state index in [4.69, 9.17) is 17.3 Å². The SMILES string of the molecule is Cc1cc2ncc(Cl)n2cc1N. The molecule has 2 heterocycles. The van der Waals surface area contributed by atoms with Gasteiger partial charge in [-0.2, -0.15) is 0 Å². The molecule has 2 N–H and O–H groups in total. The highest BCUT2D eigenvalue weighted by atomic mass is 35.5. The summed E-state index contributed by atoms with van der Waals surface area (Å²) >= 11 is 5.84. The number of nitrogen functional groups attached to an aromatic ring is 1. The molecule has 62 valence electrons. The Morgan fingerprint density at radius 1 is 1.58 bits per heavy atom. The molecular weight excluding hydrogens is 174 g/mol. The molecule has 0 amide bonds. The van der Waals surface area contributed by atoms with Gasteiger partial charge in [0.2, 0.25) is 0 Å². The number of aromatic nitrogens is 2. The number of fused-ring (bicyclic) bond motifs is 1. The Morgan fingerprint density at radius 2 is 2.33 bits per heavy atom. The van der Waals surface area contributed by atoms with Crippen LogP contribution < -0.4 is 5.73 Å². The third-order valence-electron chi connectivity index (χ3n) is 1.85. The Kier molecular flexibility index (Phi) is 1.48. The van der Waals surface area contributed by atoms with Gasteiger partial charge < -0.3 is 5.73 Å². The van der Waals surface area contributed by atoms with Crippen molar-refractivity contribution in [1.29, 1.82) is 0 Å². The number of halogens is 1. The number of rotatable bonds is 0. The number of nitrogens with two attached hydrogens (primary N) is 1. The predicted molar refractivity (Wildman–Crippen MR) is 49.4 cm³/mol. The summed E-state index contributed by atoms with van der Waals surface area (Å²) in [4.78, 5) is 4.10. The van der Waals surface area contributed by atoms with Crippen LogP contribution in [0.1, 0.15) is 5.56 Å². The molecule has 0 bridgehead atoms. The van der Waals surface area contributed by atoms with Gasteiger partial charge in [-0.3, -0.25) is 4.40 Å². The average Bonchev–Trinajstić information content (AvgIpc) is 2.35. The van der Waals surface area contributed by atoms with Crippen molar-refractivity contribution in [3.8, 4) is 0 Å². The molecule has 0 aliphatic carbocycles. The van der Waals surface area contributed by atoms with E-state index in [0.717, 1.165) is 16.9 Å². The van der Waals surface area contributed by atoms with Crippen LogP contribution in [0.4, 0.5) is 5.69 Å². The molecule has 0 saturated carbocycles. The van der Waals surface area contributed by atoms with Gasteiger partial charge >= 0.3 is 0 Å². The first kappa shape index (κ1) is 7.43. The molecule has 0 atom stereocenters. The first-order chi connectivity index (χ1) is 5.68. The lowest BCUT2D eigenvalue weighted by molar-refractivity contribution is 1.18. The second-order valence-electron chi connectivity index (χ2n) is 2.72. The van der Waals surface area contributed by atoms with E-state index < -0.39 is 0 Å². The molecule has 0 spiro atoms. The molecule has 0 aromatic carbocycles. The summed E-state index contributed by atoms with van der Waals surface area (Å²) in [5.41, 5.74) is 8.28. The van der Waals surface area contributed by atoms with Gasteiger partial charge in [-0.25, -0.2) is 4.98 Å². The highest BCUT2D eigenvalue weighted by molar-refractivity contribution is 6.29. The summed E-state index contributed by atoms with van der Waals surface area (Å²) < 4.78 is 1.75. The van der Waals surface area contributed by atoms with Gasteiger partial charge in [-0.05, 0) is 18.6 Å². The van der Waals surface area contributed by atoms with Gasteiger partial charge in [0.25, 0.3) is 0 Å². The molecule has 0 aliphatic heterocycles. The molecule has 12 heavy (non-hydrogen) atoms. The first-order valence-corrected chi connectivity index (χ1v) is 3.95. The molecule has 2 rings (SSSR count). The number of hydrogen-bond acceptors (Lipinski definition) is 2. The monoisotopic (exact) mass is 181 g/mol. The molecule has 2 aromatic rings. The number of imidazole rings is 1. The zero-order chi connectivity index (χ0) is 8.72. The van der Waals surface area contributed by atoms with E-state index >= 15 is 0 Å². The van der Waals surface area contributed by atoms with Crippen LogP contribution in [0.15, 0.2) is 18.5 Å². The number of nitrogens with zero attached hydrogens (tertiary/aromatic N) is 2. The lowest BCUT2D eigenvalue weighted by Gasteiger charge is -2.00. The number of aryl methyl sites for hydroxylation is 1. The van der Waals surface area contributed by atoms with Crippen LogP contribution in [0.2, 0.25) is 5.15 Å². The van der Waals surface area contributed by atoms with E-state index in [-0.39, 0.29) is 0 Å². The molecule has 0 aliphatic rings. The smallest absolute Gasteiger partial charge is 0.138 e. The van der Waals surface area contributed by atoms with E-state index in [1.54, 1.807) is 16.8 Å². The molecule has 0 unspecified atom stereocenters. The van der Waals surface area contributed by atoms with Crippen molar-refractivity contribution in [3.05, 3.63) is 29.2 Å². The van der Waals surface area contributed by atoms with Gasteiger partial charge in [-0.1, -0.05) is 11.6 Å². The van der Waals surface area contributed by atoms with Crippen molar-refractivity contribution < 1.29 is 0 Å². The summed E-state index contributed by atoms with van der Waals surface area (Å²) in [5.74, 6) is 0. The summed E-state index contributed by atoms with van der Waals surface area (Å²) in [5, 5.41) is 0.580. The van der Waals surface area contributed by atoms with Crippen LogP contribution >= 0.6 is 11.6 Å². The maximum Gasteiger partial charge on any atom is 0.138 e. The highest BCUT2D eigenvalue weighted by Crippen LogP contribution is 2.17. The first-order valence-electron chi connectivity index (χ1n) is 3.57. The fourth-order valence-corrected chi connectivity index (χ4v) is 1.29. The molecular formula is C8H8ClN3. The topological polar surface area (TPSA) is 43.3 Å². The minimum Gasteiger partial charge on any atom is -0.397 e. The van der Waals surface area contributed by atoms with Crippen LogP contribution in [0.25, 0.3) is 5.65 Å². The average molecular weight is 182 g/mol. The Labute approximate surface area is 74.8 Å². The quantitative estimate of drug-likeness (QED) is 0.675. The molecule has 4 heteroatoms. The fourth-order valence-electron chi connectivity index (χ4n) is 1.11. The van der Waals surface area contributed by atoms with Crippen LogP contribution in [-0.4, -0.2) is 9.38 Å². The van der Waals surface area contributed by atoms with Gasteiger partial charge in [0.1, 0.15) is 10.8 Å². The van der Waals surface area contributed by atoms with E-state index in [1.165, 1.54) is 0 Å². The van der Waals surface area contributed by atoms with Crippen LogP contribution in [0.5, 0.6) is 0 Å². The zero-order valence-corrected chi connectivity index (χ0v) is 7.34. The van der Waals surface area contributed by atoms with Crippen molar-refractivity contribution in [3.63, 3.8) is 0 Å². The van der Waals surface area contributed by atoms with E-state index in [1.807, 2.05) is 13.0 Å². The molecule has 0 saturated heterocycles. The van der Waals surface area contributed by atoms with Crippen molar-refractivity contribution in [2.45, 2.75) is 6.92 Å². The van der Waals surface area contributed by atoms with Crippen molar-refractivity contribution in [2.24, 2.45) is 0 Å².